The first-order valence-electron chi connectivity index (χ1n) is 5.16. The normalized spacial score (nSPS) is 14.1. The second-order valence-electron chi connectivity index (χ2n) is 4.38. The Bertz CT molecular complexity index is 271. The molecule has 0 saturated carbocycles. The summed E-state index contributed by atoms with van der Waals surface area (Å²) in [6, 6.07) is 0.380. The molecule has 86 valence electrons. The highest BCUT2D eigenvalue weighted by atomic mass is 16.5. The molecule has 5 heteroatoms. The Morgan fingerprint density at radius 2 is 2.33 bits per heavy atom. The number of aromatic nitrogens is 3. The molecular formula is C10H20N4O. The molecular weight excluding hydrogens is 192 g/mol. The van der Waals surface area contributed by atoms with Crippen molar-refractivity contribution in [3.63, 3.8) is 0 Å². The number of rotatable bonds is 6. The van der Waals surface area contributed by atoms with E-state index in [1.165, 1.54) is 6.33 Å². The highest BCUT2D eigenvalue weighted by Gasteiger charge is 2.19. The van der Waals surface area contributed by atoms with Crippen LogP contribution in [0.25, 0.3) is 0 Å². The lowest BCUT2D eigenvalue weighted by Crippen LogP contribution is -2.35. The van der Waals surface area contributed by atoms with E-state index in [2.05, 4.69) is 41.3 Å². The van der Waals surface area contributed by atoms with E-state index in [4.69, 9.17) is 4.74 Å². The van der Waals surface area contributed by atoms with Crippen LogP contribution >= 0.6 is 0 Å². The van der Waals surface area contributed by atoms with Crippen LogP contribution < -0.4 is 5.32 Å². The molecule has 15 heavy (non-hydrogen) atoms. The van der Waals surface area contributed by atoms with Gasteiger partial charge < -0.3 is 10.1 Å². The van der Waals surface area contributed by atoms with Crippen LogP contribution in [0.3, 0.4) is 0 Å². The van der Waals surface area contributed by atoms with Gasteiger partial charge in [-0.2, -0.15) is 5.10 Å². The summed E-state index contributed by atoms with van der Waals surface area (Å²) in [6.45, 7) is 7.01. The first-order valence-corrected chi connectivity index (χ1v) is 5.16. The van der Waals surface area contributed by atoms with Crippen LogP contribution in [0.4, 0.5) is 0 Å². The number of nitrogens with one attached hydrogen (secondary N) is 2. The van der Waals surface area contributed by atoms with E-state index in [-0.39, 0.29) is 5.60 Å². The molecule has 0 radical (unpaired) electrons. The molecule has 0 saturated heterocycles. The molecule has 5 nitrogen and oxygen atoms in total. The van der Waals surface area contributed by atoms with Gasteiger partial charge in [-0.15, -0.1) is 0 Å². The van der Waals surface area contributed by atoms with Crippen molar-refractivity contribution in [2.24, 2.45) is 0 Å². The Morgan fingerprint density at radius 1 is 1.60 bits per heavy atom. The van der Waals surface area contributed by atoms with Gasteiger partial charge in [0.05, 0.1) is 12.1 Å². The molecule has 0 aromatic carbocycles. The summed E-state index contributed by atoms with van der Waals surface area (Å²) < 4.78 is 5.37. The molecule has 0 aliphatic carbocycles. The molecule has 1 rings (SSSR count). The Morgan fingerprint density at radius 3 is 2.87 bits per heavy atom. The summed E-state index contributed by atoms with van der Waals surface area (Å²) in [5.74, 6) is 0.858. The van der Waals surface area contributed by atoms with Crippen LogP contribution in [0.2, 0.25) is 0 Å². The molecule has 0 spiro atoms. The summed E-state index contributed by atoms with van der Waals surface area (Å²) in [5.41, 5.74) is -0.0895. The average molecular weight is 212 g/mol. The second kappa shape index (κ2) is 5.23. The fourth-order valence-corrected chi connectivity index (χ4v) is 1.48. The van der Waals surface area contributed by atoms with Crippen molar-refractivity contribution in [3.8, 4) is 0 Å². The number of nitrogens with zero attached hydrogens (tertiary/aromatic N) is 2. The number of hydrogen-bond acceptors (Lipinski definition) is 4. The van der Waals surface area contributed by atoms with Crippen LogP contribution in [0.15, 0.2) is 6.33 Å². The number of H-pyrrole nitrogens is 1. The first-order chi connectivity index (χ1) is 7.03. The highest BCUT2D eigenvalue weighted by molar-refractivity contribution is 4.81. The minimum absolute atomic E-state index is 0.0895. The van der Waals surface area contributed by atoms with Crippen LogP contribution in [-0.4, -0.2) is 33.9 Å². The number of ether oxygens (including phenoxy) is 1. The van der Waals surface area contributed by atoms with Crippen LogP contribution in [0.1, 0.15) is 33.0 Å². The Labute approximate surface area is 90.6 Å². The molecule has 0 fully saturated rings. The minimum Gasteiger partial charge on any atom is -0.379 e. The van der Waals surface area contributed by atoms with E-state index in [0.29, 0.717) is 12.6 Å². The van der Waals surface area contributed by atoms with E-state index >= 15 is 0 Å². The van der Waals surface area contributed by atoms with Gasteiger partial charge in [-0.1, -0.05) is 0 Å². The summed E-state index contributed by atoms with van der Waals surface area (Å²) >= 11 is 0. The Balaban J connectivity index is 2.27. The molecule has 0 aliphatic heterocycles. The highest BCUT2D eigenvalue weighted by Crippen LogP contribution is 2.15. The Kier molecular flexibility index (Phi) is 4.23. The fourth-order valence-electron chi connectivity index (χ4n) is 1.48. The fraction of sp³-hybridized carbons (Fsp3) is 0.800. The maximum Gasteiger partial charge on any atom is 0.138 e. The summed E-state index contributed by atoms with van der Waals surface area (Å²) in [5, 5.41) is 9.97. The van der Waals surface area contributed by atoms with E-state index in [1.807, 2.05) is 0 Å². The minimum atomic E-state index is -0.0895. The molecule has 1 atom stereocenters. The zero-order chi connectivity index (χ0) is 11.3. The van der Waals surface area contributed by atoms with Crippen LogP contribution in [0.5, 0.6) is 0 Å². The molecule has 1 aromatic rings. The Hall–Kier alpha value is -0.940. The smallest absolute Gasteiger partial charge is 0.138 e. The van der Waals surface area contributed by atoms with Crippen LogP contribution in [0, 0.1) is 0 Å². The quantitative estimate of drug-likeness (QED) is 0.741. The van der Waals surface area contributed by atoms with Crippen molar-refractivity contribution in [1.82, 2.24) is 20.5 Å². The topological polar surface area (TPSA) is 62.8 Å². The van der Waals surface area contributed by atoms with E-state index in [0.717, 1.165) is 12.2 Å². The van der Waals surface area contributed by atoms with E-state index in [9.17, 15) is 0 Å². The molecule has 1 aromatic heterocycles. The van der Waals surface area contributed by atoms with Crippen molar-refractivity contribution in [3.05, 3.63) is 12.2 Å². The third kappa shape index (κ3) is 4.40. The van der Waals surface area contributed by atoms with Gasteiger partial charge in [0, 0.05) is 13.2 Å². The van der Waals surface area contributed by atoms with Crippen molar-refractivity contribution in [2.45, 2.75) is 45.4 Å². The van der Waals surface area contributed by atoms with Crippen molar-refractivity contribution < 1.29 is 4.74 Å². The van der Waals surface area contributed by atoms with Crippen molar-refractivity contribution >= 4 is 0 Å². The summed E-state index contributed by atoms with van der Waals surface area (Å²) in [6.07, 6.45) is 2.47. The van der Waals surface area contributed by atoms with E-state index in [1.54, 1.807) is 7.11 Å². The molecule has 1 heterocycles. The van der Waals surface area contributed by atoms with Gasteiger partial charge in [-0.25, -0.2) is 4.98 Å². The molecule has 2 N–H and O–H groups in total. The van der Waals surface area contributed by atoms with Gasteiger partial charge in [0.15, 0.2) is 0 Å². The zero-order valence-electron chi connectivity index (χ0n) is 9.87. The maximum absolute atomic E-state index is 5.37. The number of methoxy groups -OCH3 is 1. The van der Waals surface area contributed by atoms with Gasteiger partial charge in [-0.05, 0) is 27.2 Å². The van der Waals surface area contributed by atoms with Gasteiger partial charge in [0.1, 0.15) is 12.2 Å². The third-order valence-corrected chi connectivity index (χ3v) is 2.43. The van der Waals surface area contributed by atoms with E-state index < -0.39 is 0 Å². The molecule has 0 amide bonds. The van der Waals surface area contributed by atoms with Gasteiger partial charge >= 0.3 is 0 Å². The van der Waals surface area contributed by atoms with Crippen molar-refractivity contribution in [2.75, 3.05) is 7.11 Å². The first kappa shape index (κ1) is 12.1. The largest absolute Gasteiger partial charge is 0.379 e. The predicted molar refractivity (Wildman–Crippen MR) is 58.4 cm³/mol. The predicted octanol–water partition coefficient (Wildman–Crippen LogP) is 1.10. The van der Waals surface area contributed by atoms with Gasteiger partial charge in [0.25, 0.3) is 0 Å². The summed E-state index contributed by atoms with van der Waals surface area (Å²) in [4.78, 5) is 4.04. The second-order valence-corrected chi connectivity index (χ2v) is 4.38. The average Bonchev–Trinajstić information content (AvgIpc) is 2.66. The van der Waals surface area contributed by atoms with Gasteiger partial charge in [-0.3, -0.25) is 5.10 Å². The SMILES string of the molecule is COC(C)(C)CC(C)NCc1ncn[nH]1. The molecule has 1 unspecified atom stereocenters. The maximum atomic E-state index is 5.37. The van der Waals surface area contributed by atoms with Gasteiger partial charge in [0.2, 0.25) is 0 Å². The molecule has 0 aliphatic rings. The number of aromatic amines is 1. The van der Waals surface area contributed by atoms with Crippen LogP contribution in [-0.2, 0) is 11.3 Å². The van der Waals surface area contributed by atoms with Crippen molar-refractivity contribution in [1.29, 1.82) is 0 Å². The summed E-state index contributed by atoms with van der Waals surface area (Å²) in [7, 11) is 1.74. The third-order valence-electron chi connectivity index (χ3n) is 2.43. The monoisotopic (exact) mass is 212 g/mol. The lowest BCUT2D eigenvalue weighted by Gasteiger charge is -2.26. The lowest BCUT2D eigenvalue weighted by molar-refractivity contribution is 0.00839. The number of hydrogen-bond donors (Lipinski definition) is 2. The molecule has 0 bridgehead atoms. The lowest BCUT2D eigenvalue weighted by atomic mass is 10.00. The zero-order valence-corrected chi connectivity index (χ0v) is 9.87. The standard InChI is InChI=1S/C10H20N4O/c1-8(5-10(2,3)15-4)11-6-9-12-7-13-14-9/h7-8,11H,5-6H2,1-4H3,(H,12,13,14).